The van der Waals surface area contributed by atoms with Gasteiger partial charge in [0.05, 0.1) is 17.1 Å². The molecule has 5 heteroatoms. The van der Waals surface area contributed by atoms with Crippen LogP contribution >= 0.6 is 22.9 Å². The van der Waals surface area contributed by atoms with Crippen LogP contribution in [0.25, 0.3) is 0 Å². The molecular formula is C14H14ClNO2S. The van der Waals surface area contributed by atoms with Gasteiger partial charge in [-0.2, -0.15) is 0 Å². The second-order valence-electron chi connectivity index (χ2n) is 4.20. The van der Waals surface area contributed by atoms with Gasteiger partial charge in [0.25, 0.3) is 5.91 Å². The van der Waals surface area contributed by atoms with E-state index in [0.717, 1.165) is 4.88 Å². The van der Waals surface area contributed by atoms with Gasteiger partial charge in [0.2, 0.25) is 0 Å². The van der Waals surface area contributed by atoms with Gasteiger partial charge >= 0.3 is 0 Å². The molecule has 0 saturated heterocycles. The van der Waals surface area contributed by atoms with E-state index in [0.29, 0.717) is 10.6 Å². The zero-order chi connectivity index (χ0) is 13.8. The molecule has 0 aliphatic heterocycles. The molecule has 100 valence electrons. The summed E-state index contributed by atoms with van der Waals surface area (Å²) >= 11 is 7.46. The van der Waals surface area contributed by atoms with Crippen molar-refractivity contribution in [3.8, 4) is 0 Å². The van der Waals surface area contributed by atoms with E-state index in [1.165, 1.54) is 16.2 Å². The van der Waals surface area contributed by atoms with Crippen LogP contribution in [-0.2, 0) is 0 Å². The van der Waals surface area contributed by atoms with Gasteiger partial charge in [-0.15, -0.1) is 11.3 Å². The van der Waals surface area contributed by atoms with Crippen molar-refractivity contribution in [1.29, 1.82) is 0 Å². The van der Waals surface area contributed by atoms with E-state index >= 15 is 0 Å². The lowest BCUT2D eigenvalue weighted by atomic mass is 10.2. The number of carbonyl (C=O) groups is 1. The number of hydrogen-bond donors (Lipinski definition) is 1. The molecule has 1 aromatic heterocycles. The maximum Gasteiger partial charge on any atom is 0.255 e. The predicted octanol–water partition coefficient (Wildman–Crippen LogP) is 3.21. The Balaban J connectivity index is 2.06. The third kappa shape index (κ3) is 3.35. The Labute approximate surface area is 121 Å². The molecule has 1 amide bonds. The van der Waals surface area contributed by atoms with Gasteiger partial charge in [-0.25, -0.2) is 0 Å². The number of aliphatic hydroxyl groups excluding tert-OH is 1. The number of halogens is 1. The minimum atomic E-state index is -0.670. The lowest BCUT2D eigenvalue weighted by Crippen LogP contribution is -2.31. The fraction of sp³-hybridized carbons (Fsp3) is 0.214. The number of amides is 1. The molecule has 0 fully saturated rings. The summed E-state index contributed by atoms with van der Waals surface area (Å²) in [4.78, 5) is 14.5. The Bertz CT molecular complexity index is 556. The topological polar surface area (TPSA) is 40.5 Å². The monoisotopic (exact) mass is 295 g/mol. The van der Waals surface area contributed by atoms with Crippen LogP contribution in [-0.4, -0.2) is 29.5 Å². The van der Waals surface area contributed by atoms with Crippen molar-refractivity contribution in [1.82, 2.24) is 4.90 Å². The summed E-state index contributed by atoms with van der Waals surface area (Å²) in [6.45, 7) is 0.241. The van der Waals surface area contributed by atoms with Crippen molar-refractivity contribution in [2.24, 2.45) is 0 Å². The van der Waals surface area contributed by atoms with Gasteiger partial charge in [-0.3, -0.25) is 4.79 Å². The number of nitrogens with zero attached hydrogens (tertiary/aromatic N) is 1. The van der Waals surface area contributed by atoms with E-state index in [9.17, 15) is 9.90 Å². The standard InChI is InChI=1S/C14H14ClNO2S/c1-16(9-12(17)13-7-4-8-19-13)14(18)10-5-2-3-6-11(10)15/h2-8,12,17H,9H2,1H3. The summed E-state index contributed by atoms with van der Waals surface area (Å²) in [6, 6.07) is 10.6. The molecule has 1 unspecified atom stereocenters. The van der Waals surface area contributed by atoms with E-state index in [2.05, 4.69) is 0 Å². The molecule has 2 aromatic rings. The van der Waals surface area contributed by atoms with Crippen LogP contribution in [0.5, 0.6) is 0 Å². The number of carbonyl (C=O) groups excluding carboxylic acids is 1. The quantitative estimate of drug-likeness (QED) is 0.941. The van der Waals surface area contributed by atoms with Crippen molar-refractivity contribution in [3.05, 3.63) is 57.2 Å². The lowest BCUT2D eigenvalue weighted by molar-refractivity contribution is 0.0686. The van der Waals surface area contributed by atoms with Gasteiger partial charge < -0.3 is 10.0 Å². The van der Waals surface area contributed by atoms with Crippen LogP contribution in [0, 0.1) is 0 Å². The second kappa shape index (κ2) is 6.19. The Morgan fingerprint density at radius 2 is 2.11 bits per heavy atom. The van der Waals surface area contributed by atoms with E-state index in [-0.39, 0.29) is 12.5 Å². The van der Waals surface area contributed by atoms with Gasteiger partial charge in [-0.05, 0) is 23.6 Å². The summed E-state index contributed by atoms with van der Waals surface area (Å²) in [7, 11) is 1.66. The van der Waals surface area contributed by atoms with Crippen LogP contribution in [0.15, 0.2) is 41.8 Å². The normalized spacial score (nSPS) is 12.2. The molecule has 0 aliphatic carbocycles. The van der Waals surface area contributed by atoms with Crippen molar-refractivity contribution < 1.29 is 9.90 Å². The van der Waals surface area contributed by atoms with Crippen LogP contribution in [0.4, 0.5) is 0 Å². The zero-order valence-electron chi connectivity index (χ0n) is 10.4. The average molecular weight is 296 g/mol. The number of thiophene rings is 1. The molecule has 2 rings (SSSR count). The number of hydrogen-bond acceptors (Lipinski definition) is 3. The molecule has 0 radical (unpaired) electrons. The van der Waals surface area contributed by atoms with Gasteiger partial charge in [-0.1, -0.05) is 29.8 Å². The van der Waals surface area contributed by atoms with Gasteiger partial charge in [0, 0.05) is 11.9 Å². The highest BCUT2D eigenvalue weighted by Crippen LogP contribution is 2.21. The number of rotatable bonds is 4. The summed E-state index contributed by atoms with van der Waals surface area (Å²) in [5.74, 6) is -0.193. The minimum absolute atomic E-state index is 0.193. The molecule has 0 spiro atoms. The van der Waals surface area contributed by atoms with Crippen LogP contribution in [0.2, 0.25) is 5.02 Å². The highest BCUT2D eigenvalue weighted by molar-refractivity contribution is 7.10. The Kier molecular flexibility index (Phi) is 4.58. The Morgan fingerprint density at radius 3 is 2.74 bits per heavy atom. The highest BCUT2D eigenvalue weighted by Gasteiger charge is 2.18. The molecular weight excluding hydrogens is 282 g/mol. The Hall–Kier alpha value is -1.36. The molecule has 1 heterocycles. The van der Waals surface area contributed by atoms with Crippen LogP contribution in [0.3, 0.4) is 0 Å². The van der Waals surface area contributed by atoms with Crippen molar-refractivity contribution in [2.75, 3.05) is 13.6 Å². The number of aliphatic hydroxyl groups is 1. The molecule has 0 bridgehead atoms. The zero-order valence-corrected chi connectivity index (χ0v) is 12.0. The first-order chi connectivity index (χ1) is 9.09. The molecule has 1 atom stereocenters. The summed E-state index contributed by atoms with van der Waals surface area (Å²) in [5.41, 5.74) is 0.449. The number of benzene rings is 1. The first-order valence-corrected chi connectivity index (χ1v) is 7.07. The predicted molar refractivity (Wildman–Crippen MR) is 77.7 cm³/mol. The molecule has 19 heavy (non-hydrogen) atoms. The fourth-order valence-corrected chi connectivity index (χ4v) is 2.67. The number of likely N-dealkylation sites (N-methyl/N-ethyl adjacent to an activating group) is 1. The average Bonchev–Trinajstić information content (AvgIpc) is 2.92. The maximum absolute atomic E-state index is 12.2. The molecule has 0 saturated carbocycles. The third-order valence-electron chi connectivity index (χ3n) is 2.77. The largest absolute Gasteiger partial charge is 0.386 e. The second-order valence-corrected chi connectivity index (χ2v) is 5.58. The van der Waals surface area contributed by atoms with Crippen molar-refractivity contribution in [3.63, 3.8) is 0 Å². The maximum atomic E-state index is 12.2. The van der Waals surface area contributed by atoms with Crippen LogP contribution in [0.1, 0.15) is 21.3 Å². The van der Waals surface area contributed by atoms with Crippen LogP contribution < -0.4 is 0 Å². The van der Waals surface area contributed by atoms with Crippen molar-refractivity contribution in [2.45, 2.75) is 6.10 Å². The minimum Gasteiger partial charge on any atom is -0.386 e. The van der Waals surface area contributed by atoms with E-state index in [1.807, 2.05) is 17.5 Å². The van der Waals surface area contributed by atoms with E-state index in [4.69, 9.17) is 11.6 Å². The first-order valence-electron chi connectivity index (χ1n) is 5.81. The third-order valence-corrected chi connectivity index (χ3v) is 4.07. The SMILES string of the molecule is CN(CC(O)c1cccs1)C(=O)c1ccccc1Cl. The van der Waals surface area contributed by atoms with Gasteiger partial charge in [0.1, 0.15) is 6.10 Å². The van der Waals surface area contributed by atoms with Crippen molar-refractivity contribution >= 4 is 28.8 Å². The summed E-state index contributed by atoms with van der Waals surface area (Å²) < 4.78 is 0. The highest BCUT2D eigenvalue weighted by atomic mass is 35.5. The van der Waals surface area contributed by atoms with E-state index < -0.39 is 6.10 Å². The molecule has 1 aromatic carbocycles. The molecule has 1 N–H and O–H groups in total. The summed E-state index contributed by atoms with van der Waals surface area (Å²) in [5, 5.41) is 12.3. The smallest absolute Gasteiger partial charge is 0.255 e. The molecule has 3 nitrogen and oxygen atoms in total. The lowest BCUT2D eigenvalue weighted by Gasteiger charge is -2.20. The summed E-state index contributed by atoms with van der Waals surface area (Å²) in [6.07, 6.45) is -0.670. The first kappa shape index (κ1) is 14.1. The molecule has 0 aliphatic rings. The Morgan fingerprint density at radius 1 is 1.37 bits per heavy atom. The van der Waals surface area contributed by atoms with Gasteiger partial charge in [0.15, 0.2) is 0 Å². The fourth-order valence-electron chi connectivity index (χ4n) is 1.75. The van der Waals surface area contributed by atoms with E-state index in [1.54, 1.807) is 31.3 Å².